The van der Waals surface area contributed by atoms with Gasteiger partial charge in [-0.15, -0.1) is 0 Å². The standard InChI is InChI=1S/C12H5ClF5N/c13-7-4-5-19-11(9(7)12(16,17)18)6-2-1-3-8(14)10(6)15/h1-5H. The van der Waals surface area contributed by atoms with Crippen LogP contribution in [0.5, 0.6) is 0 Å². The lowest BCUT2D eigenvalue weighted by Gasteiger charge is -2.14. The van der Waals surface area contributed by atoms with Crippen LogP contribution in [-0.4, -0.2) is 4.98 Å². The van der Waals surface area contributed by atoms with E-state index in [0.717, 1.165) is 30.5 Å². The van der Waals surface area contributed by atoms with Gasteiger partial charge in [0.05, 0.1) is 10.7 Å². The molecule has 0 radical (unpaired) electrons. The van der Waals surface area contributed by atoms with Crippen molar-refractivity contribution in [2.45, 2.75) is 6.18 Å². The smallest absolute Gasteiger partial charge is 0.255 e. The zero-order valence-electron chi connectivity index (χ0n) is 9.10. The maximum absolute atomic E-state index is 13.6. The molecule has 19 heavy (non-hydrogen) atoms. The average molecular weight is 294 g/mol. The first-order valence-electron chi connectivity index (χ1n) is 4.98. The Morgan fingerprint density at radius 1 is 1.05 bits per heavy atom. The number of nitrogens with zero attached hydrogens (tertiary/aromatic N) is 1. The molecule has 0 aliphatic carbocycles. The van der Waals surface area contributed by atoms with Crippen LogP contribution in [0.15, 0.2) is 30.5 Å². The molecule has 7 heteroatoms. The van der Waals surface area contributed by atoms with Gasteiger partial charge >= 0.3 is 6.18 Å². The summed E-state index contributed by atoms with van der Waals surface area (Å²) in [6.45, 7) is 0. The van der Waals surface area contributed by atoms with Crippen LogP contribution in [0.1, 0.15) is 5.56 Å². The molecule has 0 saturated carbocycles. The summed E-state index contributed by atoms with van der Waals surface area (Å²) >= 11 is 5.48. The number of halogens is 6. The number of benzene rings is 1. The van der Waals surface area contributed by atoms with E-state index in [-0.39, 0.29) is 0 Å². The van der Waals surface area contributed by atoms with Crippen molar-refractivity contribution in [2.75, 3.05) is 0 Å². The summed E-state index contributed by atoms with van der Waals surface area (Å²) in [7, 11) is 0. The summed E-state index contributed by atoms with van der Waals surface area (Å²) in [4.78, 5) is 3.47. The second kappa shape index (κ2) is 4.77. The molecule has 1 heterocycles. The van der Waals surface area contributed by atoms with Gasteiger partial charge in [-0.05, 0) is 18.2 Å². The lowest BCUT2D eigenvalue weighted by Crippen LogP contribution is -2.10. The molecule has 1 nitrogen and oxygen atoms in total. The third-order valence-corrected chi connectivity index (χ3v) is 2.71. The van der Waals surface area contributed by atoms with E-state index in [1.54, 1.807) is 0 Å². The van der Waals surface area contributed by atoms with Crippen molar-refractivity contribution in [2.24, 2.45) is 0 Å². The van der Waals surface area contributed by atoms with E-state index < -0.39 is 39.7 Å². The summed E-state index contributed by atoms with van der Waals surface area (Å²) in [6, 6.07) is 3.84. The number of aromatic nitrogens is 1. The number of hydrogen-bond donors (Lipinski definition) is 0. The number of hydrogen-bond acceptors (Lipinski definition) is 1. The van der Waals surface area contributed by atoms with Crippen LogP contribution >= 0.6 is 11.6 Å². The topological polar surface area (TPSA) is 12.9 Å². The highest BCUT2D eigenvalue weighted by Crippen LogP contribution is 2.40. The molecule has 0 unspecified atom stereocenters. The molecule has 0 bridgehead atoms. The van der Waals surface area contributed by atoms with Crippen molar-refractivity contribution in [1.29, 1.82) is 0 Å². The van der Waals surface area contributed by atoms with Gasteiger partial charge in [-0.25, -0.2) is 8.78 Å². The zero-order valence-corrected chi connectivity index (χ0v) is 9.86. The van der Waals surface area contributed by atoms with Crippen LogP contribution in [0.2, 0.25) is 5.02 Å². The summed E-state index contributed by atoms with van der Waals surface area (Å²) in [5.41, 5.74) is -2.62. The maximum atomic E-state index is 13.6. The third-order valence-electron chi connectivity index (χ3n) is 2.39. The van der Waals surface area contributed by atoms with Gasteiger partial charge in [0.1, 0.15) is 5.56 Å². The second-order valence-electron chi connectivity index (χ2n) is 3.62. The highest BCUT2D eigenvalue weighted by Gasteiger charge is 2.37. The SMILES string of the molecule is Fc1cccc(-c2nccc(Cl)c2C(F)(F)F)c1F. The molecule has 0 fully saturated rings. The van der Waals surface area contributed by atoms with E-state index in [9.17, 15) is 22.0 Å². The van der Waals surface area contributed by atoms with Crippen molar-refractivity contribution >= 4 is 11.6 Å². The predicted octanol–water partition coefficient (Wildman–Crippen LogP) is 4.70. The summed E-state index contributed by atoms with van der Waals surface area (Å²) < 4.78 is 65.3. The van der Waals surface area contributed by atoms with Crippen molar-refractivity contribution in [3.05, 3.63) is 52.7 Å². The van der Waals surface area contributed by atoms with Gasteiger partial charge in [0.15, 0.2) is 11.6 Å². The first kappa shape index (κ1) is 13.7. The van der Waals surface area contributed by atoms with Crippen molar-refractivity contribution in [1.82, 2.24) is 4.98 Å². The molecule has 1 aromatic heterocycles. The molecule has 100 valence electrons. The summed E-state index contributed by atoms with van der Waals surface area (Å²) in [5, 5.41) is -0.624. The van der Waals surface area contributed by atoms with Crippen molar-refractivity contribution in [3.8, 4) is 11.3 Å². The number of alkyl halides is 3. The molecule has 0 N–H and O–H groups in total. The number of rotatable bonds is 1. The van der Waals surface area contributed by atoms with Crippen LogP contribution in [0.3, 0.4) is 0 Å². The Labute approximate surface area is 109 Å². The van der Waals surface area contributed by atoms with Crippen LogP contribution in [0.25, 0.3) is 11.3 Å². The third kappa shape index (κ3) is 2.53. The van der Waals surface area contributed by atoms with E-state index >= 15 is 0 Å². The molecular formula is C12H5ClF5N. The van der Waals surface area contributed by atoms with E-state index in [1.807, 2.05) is 0 Å². The van der Waals surface area contributed by atoms with Gasteiger partial charge < -0.3 is 0 Å². The van der Waals surface area contributed by atoms with Gasteiger partial charge in [0.2, 0.25) is 0 Å². The molecule has 2 rings (SSSR count). The Morgan fingerprint density at radius 3 is 2.37 bits per heavy atom. The molecule has 0 saturated heterocycles. The molecule has 2 aromatic rings. The Balaban J connectivity index is 2.77. The average Bonchev–Trinajstić information content (AvgIpc) is 2.30. The molecule has 0 atom stereocenters. The fraction of sp³-hybridized carbons (Fsp3) is 0.0833. The van der Waals surface area contributed by atoms with Gasteiger partial charge in [0.25, 0.3) is 0 Å². The molecule has 0 spiro atoms. The largest absolute Gasteiger partial charge is 0.419 e. The molecular weight excluding hydrogens is 289 g/mol. The first-order chi connectivity index (χ1) is 8.82. The minimum Gasteiger partial charge on any atom is -0.255 e. The van der Waals surface area contributed by atoms with Crippen LogP contribution < -0.4 is 0 Å². The Hall–Kier alpha value is -1.69. The fourth-order valence-corrected chi connectivity index (χ4v) is 1.85. The lowest BCUT2D eigenvalue weighted by atomic mass is 10.0. The monoisotopic (exact) mass is 293 g/mol. The highest BCUT2D eigenvalue weighted by molar-refractivity contribution is 6.31. The Morgan fingerprint density at radius 2 is 1.74 bits per heavy atom. The summed E-state index contributed by atoms with van der Waals surface area (Å²) in [6.07, 6.45) is -3.82. The van der Waals surface area contributed by atoms with Crippen LogP contribution in [-0.2, 0) is 6.18 Å². The highest BCUT2D eigenvalue weighted by atomic mass is 35.5. The summed E-state index contributed by atoms with van der Waals surface area (Å²) in [5.74, 6) is -2.66. The van der Waals surface area contributed by atoms with Crippen LogP contribution in [0.4, 0.5) is 22.0 Å². The van der Waals surface area contributed by atoms with Gasteiger partial charge in [0, 0.05) is 11.8 Å². The minimum absolute atomic E-state index is 0.588. The van der Waals surface area contributed by atoms with Gasteiger partial charge in [-0.1, -0.05) is 17.7 Å². The molecule has 1 aromatic carbocycles. The zero-order chi connectivity index (χ0) is 14.2. The van der Waals surface area contributed by atoms with Crippen molar-refractivity contribution < 1.29 is 22.0 Å². The lowest BCUT2D eigenvalue weighted by molar-refractivity contribution is -0.137. The Bertz CT molecular complexity index is 624. The molecule has 0 aliphatic heterocycles. The fourth-order valence-electron chi connectivity index (χ4n) is 1.60. The van der Waals surface area contributed by atoms with E-state index in [4.69, 9.17) is 11.6 Å². The van der Waals surface area contributed by atoms with Crippen molar-refractivity contribution in [3.63, 3.8) is 0 Å². The Kier molecular flexibility index (Phi) is 3.45. The second-order valence-corrected chi connectivity index (χ2v) is 4.02. The molecule has 0 amide bonds. The minimum atomic E-state index is -4.82. The molecule has 0 aliphatic rings. The van der Waals surface area contributed by atoms with Crippen LogP contribution in [0, 0.1) is 11.6 Å². The first-order valence-corrected chi connectivity index (χ1v) is 5.36. The number of pyridine rings is 1. The van der Waals surface area contributed by atoms with E-state index in [0.29, 0.717) is 0 Å². The maximum Gasteiger partial charge on any atom is 0.419 e. The predicted molar refractivity (Wildman–Crippen MR) is 59.6 cm³/mol. The van der Waals surface area contributed by atoms with E-state index in [2.05, 4.69) is 4.98 Å². The quantitative estimate of drug-likeness (QED) is 0.695. The van der Waals surface area contributed by atoms with E-state index in [1.165, 1.54) is 0 Å². The van der Waals surface area contributed by atoms with Gasteiger partial charge in [-0.3, -0.25) is 4.98 Å². The van der Waals surface area contributed by atoms with Gasteiger partial charge in [-0.2, -0.15) is 13.2 Å². The normalized spacial score (nSPS) is 11.7.